The highest BCUT2D eigenvalue weighted by Crippen LogP contribution is 2.30. The van der Waals surface area contributed by atoms with Crippen LogP contribution in [-0.2, 0) is 10.0 Å². The third-order valence-electron chi connectivity index (χ3n) is 3.67. The fraction of sp³-hybridized carbons (Fsp3) is 0.0526. The Hall–Kier alpha value is -2.70. The number of sulfonamides is 1. The van der Waals surface area contributed by atoms with E-state index in [0.717, 1.165) is 5.56 Å². The maximum absolute atomic E-state index is 12.4. The van der Waals surface area contributed by atoms with Crippen LogP contribution in [-0.4, -0.2) is 25.9 Å². The van der Waals surface area contributed by atoms with Crippen LogP contribution in [0.15, 0.2) is 58.8 Å². The van der Waals surface area contributed by atoms with Gasteiger partial charge in [0, 0.05) is 21.5 Å². The van der Waals surface area contributed by atoms with Gasteiger partial charge in [0.1, 0.15) is 0 Å². The normalized spacial score (nSPS) is 11.0. The minimum atomic E-state index is -3.70. The fourth-order valence-electron chi connectivity index (χ4n) is 2.30. The highest BCUT2D eigenvalue weighted by Gasteiger charge is 2.15. The van der Waals surface area contributed by atoms with Crippen LogP contribution in [0, 0.1) is 12.3 Å². The van der Waals surface area contributed by atoms with Gasteiger partial charge in [0.15, 0.2) is 5.13 Å². The first-order valence-electron chi connectivity index (χ1n) is 7.95. The van der Waals surface area contributed by atoms with Gasteiger partial charge in [-0.2, -0.15) is 4.72 Å². The molecule has 1 amide bonds. The molecule has 0 saturated heterocycles. The largest absolute Gasteiger partial charge is 0.298 e. The standard InChI is InChI=1S/C19H14ClN3O3S2/c1-2-11-21-28(25,26)14-9-7-13(8-10-14)18(24)23-19-22-17(12-27-19)15-5-3-4-6-16(15)20/h1,3-10,12,21H,11H2,(H,22,23,24). The van der Waals surface area contributed by atoms with E-state index >= 15 is 0 Å². The minimum absolute atomic E-state index is 0.0227. The molecule has 0 aliphatic carbocycles. The number of carbonyl (C=O) groups is 1. The molecule has 0 aliphatic rings. The topological polar surface area (TPSA) is 88.2 Å². The summed E-state index contributed by atoms with van der Waals surface area (Å²) in [6.07, 6.45) is 5.06. The minimum Gasteiger partial charge on any atom is -0.298 e. The molecule has 0 fully saturated rings. The van der Waals surface area contributed by atoms with E-state index in [9.17, 15) is 13.2 Å². The summed E-state index contributed by atoms with van der Waals surface area (Å²) in [6.45, 7) is -0.109. The number of hydrogen-bond acceptors (Lipinski definition) is 5. The zero-order chi connectivity index (χ0) is 20.1. The summed E-state index contributed by atoms with van der Waals surface area (Å²) < 4.78 is 26.3. The van der Waals surface area contributed by atoms with E-state index in [4.69, 9.17) is 18.0 Å². The summed E-state index contributed by atoms with van der Waals surface area (Å²) in [5.74, 6) is 1.80. The third-order valence-corrected chi connectivity index (χ3v) is 6.17. The molecule has 0 bridgehead atoms. The molecule has 0 aliphatic heterocycles. The van der Waals surface area contributed by atoms with Gasteiger partial charge >= 0.3 is 0 Å². The number of aromatic nitrogens is 1. The van der Waals surface area contributed by atoms with E-state index in [2.05, 4.69) is 20.9 Å². The van der Waals surface area contributed by atoms with E-state index in [1.807, 2.05) is 18.2 Å². The molecule has 0 saturated carbocycles. The van der Waals surface area contributed by atoms with E-state index < -0.39 is 15.9 Å². The number of rotatable bonds is 6. The average Bonchev–Trinajstić information content (AvgIpc) is 3.15. The van der Waals surface area contributed by atoms with Crippen molar-refractivity contribution in [3.8, 4) is 23.6 Å². The maximum atomic E-state index is 12.4. The van der Waals surface area contributed by atoms with Crippen molar-refractivity contribution in [2.24, 2.45) is 0 Å². The smallest absolute Gasteiger partial charge is 0.257 e. The van der Waals surface area contributed by atoms with Gasteiger partial charge in [-0.05, 0) is 30.3 Å². The average molecular weight is 432 g/mol. The maximum Gasteiger partial charge on any atom is 0.257 e. The van der Waals surface area contributed by atoms with Crippen molar-refractivity contribution in [1.29, 1.82) is 0 Å². The van der Waals surface area contributed by atoms with Gasteiger partial charge in [-0.15, -0.1) is 17.8 Å². The molecule has 2 aromatic carbocycles. The Morgan fingerprint density at radius 2 is 1.89 bits per heavy atom. The van der Waals surface area contributed by atoms with E-state index in [1.54, 1.807) is 11.4 Å². The highest BCUT2D eigenvalue weighted by molar-refractivity contribution is 7.89. The second-order valence-corrected chi connectivity index (χ2v) is 8.56. The number of benzene rings is 2. The lowest BCUT2D eigenvalue weighted by atomic mass is 10.2. The van der Waals surface area contributed by atoms with Gasteiger partial charge in [-0.3, -0.25) is 10.1 Å². The van der Waals surface area contributed by atoms with Crippen LogP contribution in [0.5, 0.6) is 0 Å². The summed E-state index contributed by atoms with van der Waals surface area (Å²) >= 11 is 7.43. The predicted molar refractivity (Wildman–Crippen MR) is 111 cm³/mol. The molecule has 142 valence electrons. The fourth-order valence-corrected chi connectivity index (χ4v) is 4.17. The number of anilines is 1. The molecule has 0 radical (unpaired) electrons. The Balaban J connectivity index is 1.72. The zero-order valence-electron chi connectivity index (χ0n) is 14.3. The number of amides is 1. The van der Waals surface area contributed by atoms with Gasteiger partial charge < -0.3 is 0 Å². The summed E-state index contributed by atoms with van der Waals surface area (Å²) in [7, 11) is -3.70. The third kappa shape index (κ3) is 4.58. The first kappa shape index (κ1) is 20.0. The van der Waals surface area contributed by atoms with Gasteiger partial charge in [-0.1, -0.05) is 35.7 Å². The SMILES string of the molecule is C#CCNS(=O)(=O)c1ccc(C(=O)Nc2nc(-c3ccccc3Cl)cs2)cc1. The molecule has 28 heavy (non-hydrogen) atoms. The molecule has 6 nitrogen and oxygen atoms in total. The molecule has 0 spiro atoms. The van der Waals surface area contributed by atoms with Crippen LogP contribution in [0.1, 0.15) is 10.4 Å². The lowest BCUT2D eigenvalue weighted by Crippen LogP contribution is -2.24. The second-order valence-electron chi connectivity index (χ2n) is 5.52. The lowest BCUT2D eigenvalue weighted by Gasteiger charge is -2.06. The van der Waals surface area contributed by atoms with Crippen molar-refractivity contribution in [2.45, 2.75) is 4.90 Å². The van der Waals surface area contributed by atoms with Crippen LogP contribution < -0.4 is 10.0 Å². The molecule has 9 heteroatoms. The van der Waals surface area contributed by atoms with Gasteiger partial charge in [0.2, 0.25) is 10.0 Å². The Morgan fingerprint density at radius 3 is 2.57 bits per heavy atom. The van der Waals surface area contributed by atoms with Crippen molar-refractivity contribution < 1.29 is 13.2 Å². The number of hydrogen-bond donors (Lipinski definition) is 2. The number of nitrogens with one attached hydrogen (secondary N) is 2. The first-order valence-corrected chi connectivity index (χ1v) is 10.7. The Labute approximate surface area is 171 Å². The molecule has 1 aromatic heterocycles. The van der Waals surface area contributed by atoms with Gasteiger partial charge in [0.25, 0.3) is 5.91 Å². The molecular weight excluding hydrogens is 418 g/mol. The second kappa shape index (κ2) is 8.54. The molecule has 0 unspecified atom stereocenters. The van der Waals surface area contributed by atoms with Crippen molar-refractivity contribution >= 4 is 44.0 Å². The number of halogens is 1. The molecule has 3 rings (SSSR count). The van der Waals surface area contributed by atoms with Crippen molar-refractivity contribution in [2.75, 3.05) is 11.9 Å². The Morgan fingerprint density at radius 1 is 1.18 bits per heavy atom. The van der Waals surface area contributed by atoms with Crippen LogP contribution in [0.25, 0.3) is 11.3 Å². The van der Waals surface area contributed by atoms with E-state index in [0.29, 0.717) is 21.4 Å². The lowest BCUT2D eigenvalue weighted by molar-refractivity contribution is 0.102. The zero-order valence-corrected chi connectivity index (χ0v) is 16.7. The van der Waals surface area contributed by atoms with Crippen molar-refractivity contribution in [1.82, 2.24) is 9.71 Å². The summed E-state index contributed by atoms with van der Waals surface area (Å²) in [6, 6.07) is 12.8. The summed E-state index contributed by atoms with van der Waals surface area (Å²) in [5, 5.41) is 5.47. The molecule has 2 N–H and O–H groups in total. The number of terminal acetylenes is 1. The van der Waals surface area contributed by atoms with Crippen molar-refractivity contribution in [3.63, 3.8) is 0 Å². The first-order chi connectivity index (χ1) is 13.4. The van der Waals surface area contributed by atoms with Crippen LogP contribution in [0.4, 0.5) is 5.13 Å². The van der Waals surface area contributed by atoms with Crippen LogP contribution in [0.2, 0.25) is 5.02 Å². The van der Waals surface area contributed by atoms with Gasteiger partial charge in [0.05, 0.1) is 17.1 Å². The van der Waals surface area contributed by atoms with Crippen LogP contribution in [0.3, 0.4) is 0 Å². The number of carbonyl (C=O) groups excluding carboxylic acids is 1. The molecular formula is C19H14ClN3O3S2. The number of thiazole rings is 1. The highest BCUT2D eigenvalue weighted by atomic mass is 35.5. The molecule has 1 heterocycles. The quantitative estimate of drug-likeness (QED) is 0.583. The number of nitrogens with zero attached hydrogens (tertiary/aromatic N) is 1. The van der Waals surface area contributed by atoms with Gasteiger partial charge in [-0.25, -0.2) is 13.4 Å². The Bertz CT molecular complexity index is 1150. The van der Waals surface area contributed by atoms with E-state index in [1.165, 1.54) is 35.6 Å². The predicted octanol–water partition coefficient (Wildman–Crippen LogP) is 3.63. The Kier molecular flexibility index (Phi) is 6.11. The summed E-state index contributed by atoms with van der Waals surface area (Å²) in [4.78, 5) is 16.8. The monoisotopic (exact) mass is 431 g/mol. The molecule has 0 atom stereocenters. The molecule has 3 aromatic rings. The summed E-state index contributed by atoms with van der Waals surface area (Å²) in [5.41, 5.74) is 1.73. The van der Waals surface area contributed by atoms with Crippen molar-refractivity contribution in [3.05, 3.63) is 64.5 Å². The van der Waals surface area contributed by atoms with E-state index in [-0.39, 0.29) is 11.4 Å². The van der Waals surface area contributed by atoms with Crippen LogP contribution >= 0.6 is 22.9 Å².